The highest BCUT2D eigenvalue weighted by atomic mass is 16.4. The Balaban J connectivity index is 4.36. The van der Waals surface area contributed by atoms with Crippen LogP contribution in [0.3, 0.4) is 0 Å². The van der Waals surface area contributed by atoms with E-state index in [0.717, 1.165) is 6.08 Å². The van der Waals surface area contributed by atoms with Gasteiger partial charge in [-0.1, -0.05) is 0 Å². The summed E-state index contributed by atoms with van der Waals surface area (Å²) in [7, 11) is 0. The fourth-order valence-electron chi connectivity index (χ4n) is 0.526. The van der Waals surface area contributed by atoms with E-state index in [1.54, 1.807) is 6.07 Å². The predicted molar refractivity (Wildman–Crippen MR) is 40.0 cm³/mol. The Morgan fingerprint density at radius 1 is 1.67 bits per heavy atom. The van der Waals surface area contributed by atoms with E-state index >= 15 is 0 Å². The minimum Gasteiger partial charge on any atom is -0.477 e. The van der Waals surface area contributed by atoms with E-state index in [2.05, 4.69) is 5.32 Å². The number of carbonyl (C=O) groups excluding carboxylic acids is 1. The van der Waals surface area contributed by atoms with Crippen LogP contribution < -0.4 is 5.32 Å². The molecule has 0 atom stereocenters. The van der Waals surface area contributed by atoms with E-state index in [1.807, 2.05) is 0 Å². The number of hydrogen-bond acceptors (Lipinski definition) is 4. The number of ketones is 1. The van der Waals surface area contributed by atoms with Crippen molar-refractivity contribution in [3.8, 4) is 6.07 Å². The van der Waals surface area contributed by atoms with E-state index in [1.165, 1.54) is 6.92 Å². The first-order chi connectivity index (χ1) is 5.57. The summed E-state index contributed by atoms with van der Waals surface area (Å²) in [5.74, 6) is -1.63. The molecule has 0 rings (SSSR count). The molecule has 0 amide bonds. The van der Waals surface area contributed by atoms with Crippen LogP contribution in [0.15, 0.2) is 11.8 Å². The molecule has 0 spiro atoms. The minimum atomic E-state index is -1.25. The van der Waals surface area contributed by atoms with Gasteiger partial charge < -0.3 is 10.4 Å². The maximum atomic E-state index is 10.5. The molecule has 0 aromatic rings. The molecule has 0 aliphatic carbocycles. The third kappa shape index (κ3) is 4.06. The molecule has 0 aliphatic heterocycles. The third-order valence-corrected chi connectivity index (χ3v) is 0.936. The Kier molecular flexibility index (Phi) is 4.16. The third-order valence-electron chi connectivity index (χ3n) is 0.936. The molecule has 0 saturated heterocycles. The maximum absolute atomic E-state index is 10.5. The number of carboxylic acids is 1. The SMILES string of the molecule is CC(=O)/C=C(/NCC#N)C(=O)O. The summed E-state index contributed by atoms with van der Waals surface area (Å²) in [4.78, 5) is 20.8. The molecule has 64 valence electrons. The topological polar surface area (TPSA) is 90.2 Å². The number of hydrogen-bond donors (Lipinski definition) is 2. The second kappa shape index (κ2) is 4.91. The second-order valence-corrected chi connectivity index (χ2v) is 1.99. The number of nitrogens with one attached hydrogen (secondary N) is 1. The highest BCUT2D eigenvalue weighted by Gasteiger charge is 2.06. The molecular formula is C7H8N2O3. The van der Waals surface area contributed by atoms with Crippen LogP contribution in [0.5, 0.6) is 0 Å². The molecule has 0 aliphatic rings. The van der Waals surface area contributed by atoms with Gasteiger partial charge in [0.25, 0.3) is 0 Å². The standard InChI is InChI=1S/C7H8N2O3/c1-5(10)4-6(7(11)12)9-3-2-8/h4,9H,3H2,1H3,(H,11,12)/b6-4+. The lowest BCUT2D eigenvalue weighted by Gasteiger charge is -1.99. The molecular weight excluding hydrogens is 160 g/mol. The molecule has 0 fully saturated rings. The molecule has 0 radical (unpaired) electrons. The number of carbonyl (C=O) groups is 2. The number of rotatable bonds is 4. The van der Waals surface area contributed by atoms with Gasteiger partial charge in [-0.25, -0.2) is 4.79 Å². The van der Waals surface area contributed by atoms with Crippen LogP contribution in [-0.4, -0.2) is 23.4 Å². The summed E-state index contributed by atoms with van der Waals surface area (Å²) in [5, 5.41) is 18.8. The van der Waals surface area contributed by atoms with E-state index in [-0.39, 0.29) is 18.0 Å². The zero-order valence-electron chi connectivity index (χ0n) is 6.50. The molecule has 0 unspecified atom stereocenters. The summed E-state index contributed by atoms with van der Waals surface area (Å²) in [6.45, 7) is 1.10. The molecule has 0 heterocycles. The van der Waals surface area contributed by atoms with Gasteiger partial charge >= 0.3 is 5.97 Å². The molecule has 0 bridgehead atoms. The maximum Gasteiger partial charge on any atom is 0.352 e. The fourth-order valence-corrected chi connectivity index (χ4v) is 0.526. The van der Waals surface area contributed by atoms with Gasteiger partial charge in [-0.05, 0) is 6.92 Å². The lowest BCUT2D eigenvalue weighted by atomic mass is 10.3. The normalized spacial score (nSPS) is 10.2. The number of aliphatic carboxylic acids is 1. The second-order valence-electron chi connectivity index (χ2n) is 1.99. The smallest absolute Gasteiger partial charge is 0.352 e. The molecule has 5 nitrogen and oxygen atoms in total. The number of allylic oxidation sites excluding steroid dienone is 1. The first-order valence-electron chi connectivity index (χ1n) is 3.14. The number of carboxylic acid groups (broad SMARTS) is 1. The van der Waals surface area contributed by atoms with E-state index < -0.39 is 5.97 Å². The molecule has 0 saturated carbocycles. The van der Waals surface area contributed by atoms with E-state index in [9.17, 15) is 9.59 Å². The van der Waals surface area contributed by atoms with Gasteiger partial charge in [0.1, 0.15) is 12.2 Å². The Bertz CT molecular complexity index is 262. The summed E-state index contributed by atoms with van der Waals surface area (Å²) >= 11 is 0. The van der Waals surface area contributed by atoms with Gasteiger partial charge in [-0.2, -0.15) is 5.26 Å². The van der Waals surface area contributed by atoms with Crippen LogP contribution in [0.2, 0.25) is 0 Å². The Labute approximate surface area is 69.3 Å². The fraction of sp³-hybridized carbons (Fsp3) is 0.286. The number of nitriles is 1. The van der Waals surface area contributed by atoms with Gasteiger partial charge in [0.2, 0.25) is 0 Å². The van der Waals surface area contributed by atoms with Crippen molar-refractivity contribution in [3.05, 3.63) is 11.8 Å². The van der Waals surface area contributed by atoms with Crippen molar-refractivity contribution in [3.63, 3.8) is 0 Å². The van der Waals surface area contributed by atoms with Gasteiger partial charge in [0.15, 0.2) is 5.78 Å². The Morgan fingerprint density at radius 3 is 2.58 bits per heavy atom. The predicted octanol–water partition coefficient (Wildman–Crippen LogP) is -0.343. The van der Waals surface area contributed by atoms with Crippen molar-refractivity contribution in [1.82, 2.24) is 5.32 Å². The molecule has 0 aromatic carbocycles. The average Bonchev–Trinajstić information content (AvgIpc) is 1.96. The molecule has 0 aromatic heterocycles. The first-order valence-corrected chi connectivity index (χ1v) is 3.14. The van der Waals surface area contributed by atoms with Gasteiger partial charge in [0.05, 0.1) is 6.07 Å². The molecule has 12 heavy (non-hydrogen) atoms. The zero-order valence-corrected chi connectivity index (χ0v) is 6.50. The van der Waals surface area contributed by atoms with Crippen LogP contribution in [0, 0.1) is 11.3 Å². The summed E-state index contributed by atoms with van der Waals surface area (Å²) in [5.41, 5.74) is -0.260. The van der Waals surface area contributed by atoms with Crippen molar-refractivity contribution < 1.29 is 14.7 Å². The van der Waals surface area contributed by atoms with Gasteiger partial charge in [-0.15, -0.1) is 0 Å². The molecule has 5 heteroatoms. The zero-order chi connectivity index (χ0) is 9.56. The first kappa shape index (κ1) is 10.2. The highest BCUT2D eigenvalue weighted by molar-refractivity contribution is 5.97. The Morgan fingerprint density at radius 2 is 2.25 bits per heavy atom. The molecule has 2 N–H and O–H groups in total. The van der Waals surface area contributed by atoms with Crippen LogP contribution >= 0.6 is 0 Å². The average molecular weight is 168 g/mol. The van der Waals surface area contributed by atoms with Gasteiger partial charge in [0, 0.05) is 6.08 Å². The van der Waals surface area contributed by atoms with Crippen molar-refractivity contribution in [2.75, 3.05) is 6.54 Å². The van der Waals surface area contributed by atoms with Crippen molar-refractivity contribution in [1.29, 1.82) is 5.26 Å². The lowest BCUT2D eigenvalue weighted by molar-refractivity contribution is -0.133. The van der Waals surface area contributed by atoms with Crippen molar-refractivity contribution in [2.24, 2.45) is 0 Å². The van der Waals surface area contributed by atoms with Crippen molar-refractivity contribution >= 4 is 11.8 Å². The minimum absolute atomic E-state index is 0.134. The van der Waals surface area contributed by atoms with Crippen molar-refractivity contribution in [2.45, 2.75) is 6.92 Å². The Hall–Kier alpha value is -1.83. The van der Waals surface area contributed by atoms with E-state index in [0.29, 0.717) is 0 Å². The van der Waals surface area contributed by atoms with Crippen LogP contribution in [0.25, 0.3) is 0 Å². The van der Waals surface area contributed by atoms with Gasteiger partial charge in [-0.3, -0.25) is 4.79 Å². The summed E-state index contributed by atoms with van der Waals surface area (Å²) in [6.07, 6.45) is 0.930. The summed E-state index contributed by atoms with van der Waals surface area (Å²) < 4.78 is 0. The van der Waals surface area contributed by atoms with Crippen LogP contribution in [0.1, 0.15) is 6.92 Å². The largest absolute Gasteiger partial charge is 0.477 e. The van der Waals surface area contributed by atoms with Crippen LogP contribution in [-0.2, 0) is 9.59 Å². The van der Waals surface area contributed by atoms with E-state index in [4.69, 9.17) is 10.4 Å². The lowest BCUT2D eigenvalue weighted by Crippen LogP contribution is -2.21. The highest BCUT2D eigenvalue weighted by Crippen LogP contribution is 1.88. The monoisotopic (exact) mass is 168 g/mol. The number of nitrogens with zero attached hydrogens (tertiary/aromatic N) is 1. The summed E-state index contributed by atoms with van der Waals surface area (Å²) in [6, 6.07) is 1.70. The quantitative estimate of drug-likeness (QED) is 0.442. The van der Waals surface area contributed by atoms with Crippen LogP contribution in [0.4, 0.5) is 0 Å².